The van der Waals surface area contributed by atoms with Gasteiger partial charge in [-0.25, -0.2) is 0 Å². The lowest BCUT2D eigenvalue weighted by atomic mass is 9.91. The summed E-state index contributed by atoms with van der Waals surface area (Å²) >= 11 is 0. The summed E-state index contributed by atoms with van der Waals surface area (Å²) in [5.41, 5.74) is 1.03. The minimum atomic E-state index is -0.281. The summed E-state index contributed by atoms with van der Waals surface area (Å²) < 4.78 is 5.95. The summed E-state index contributed by atoms with van der Waals surface area (Å²) in [6.45, 7) is 4.00. The monoisotopic (exact) mass is 232 g/mol. The van der Waals surface area contributed by atoms with Gasteiger partial charge in [-0.2, -0.15) is 0 Å². The fourth-order valence-electron chi connectivity index (χ4n) is 2.47. The van der Waals surface area contributed by atoms with Crippen molar-refractivity contribution in [2.24, 2.45) is 0 Å². The summed E-state index contributed by atoms with van der Waals surface area (Å²) in [7, 11) is 0. The van der Waals surface area contributed by atoms with Crippen LogP contribution < -0.4 is 0 Å². The first-order valence-corrected chi connectivity index (χ1v) is 6.29. The molecule has 1 saturated heterocycles. The third-order valence-corrected chi connectivity index (χ3v) is 3.16. The number of Topliss-reactive ketones (excluding diaryl/α,β-unsaturated/α-hetero) is 1. The van der Waals surface area contributed by atoms with E-state index in [0.717, 1.165) is 12.8 Å². The Morgan fingerprint density at radius 2 is 2.00 bits per heavy atom. The van der Waals surface area contributed by atoms with E-state index in [1.54, 1.807) is 0 Å². The minimum absolute atomic E-state index is 0.0893. The first kappa shape index (κ1) is 12.3. The second kappa shape index (κ2) is 5.01. The average Bonchev–Trinajstić information content (AvgIpc) is 2.25. The molecule has 0 bridgehead atoms. The highest BCUT2D eigenvalue weighted by Crippen LogP contribution is 2.27. The van der Waals surface area contributed by atoms with Crippen LogP contribution in [0.5, 0.6) is 0 Å². The molecule has 92 valence electrons. The number of rotatable bonds is 3. The second-order valence-electron chi connectivity index (χ2n) is 5.44. The van der Waals surface area contributed by atoms with E-state index in [9.17, 15) is 4.79 Å². The molecule has 0 unspecified atom stereocenters. The molecule has 0 radical (unpaired) electrons. The molecule has 1 atom stereocenters. The summed E-state index contributed by atoms with van der Waals surface area (Å²) in [4.78, 5) is 11.6. The number of aryl methyl sites for hydroxylation is 1. The van der Waals surface area contributed by atoms with Crippen molar-refractivity contribution in [2.75, 3.05) is 0 Å². The zero-order valence-corrected chi connectivity index (χ0v) is 10.6. The Morgan fingerprint density at radius 1 is 1.29 bits per heavy atom. The predicted octanol–water partition coefficient (Wildman–Crippen LogP) is 3.15. The van der Waals surface area contributed by atoms with Gasteiger partial charge in [-0.15, -0.1) is 0 Å². The number of hydrogen-bond acceptors (Lipinski definition) is 2. The van der Waals surface area contributed by atoms with Gasteiger partial charge in [0.1, 0.15) is 5.78 Å². The molecular weight excluding hydrogens is 212 g/mol. The lowest BCUT2D eigenvalue weighted by Crippen LogP contribution is -2.40. The first-order valence-electron chi connectivity index (χ1n) is 6.29. The molecule has 2 rings (SSSR count). The number of hydrogen-bond donors (Lipinski definition) is 0. The third kappa shape index (κ3) is 3.67. The number of ether oxygens (including phenoxy) is 1. The topological polar surface area (TPSA) is 26.3 Å². The molecule has 1 aliphatic rings. The van der Waals surface area contributed by atoms with Gasteiger partial charge in [-0.1, -0.05) is 30.3 Å². The SMILES string of the molecule is CC1(C)CC(=O)C[C@@H](CCc2ccccc2)O1. The molecule has 0 aliphatic carbocycles. The molecular formula is C15H20O2. The van der Waals surface area contributed by atoms with Crippen molar-refractivity contribution in [3.63, 3.8) is 0 Å². The van der Waals surface area contributed by atoms with E-state index in [-0.39, 0.29) is 11.7 Å². The van der Waals surface area contributed by atoms with Gasteiger partial charge in [-0.05, 0) is 32.3 Å². The molecule has 1 aromatic rings. The molecule has 0 aromatic heterocycles. The van der Waals surface area contributed by atoms with Crippen LogP contribution in [0.4, 0.5) is 0 Å². The normalized spacial score (nSPS) is 23.6. The largest absolute Gasteiger partial charge is 0.371 e. The van der Waals surface area contributed by atoms with E-state index in [2.05, 4.69) is 12.1 Å². The van der Waals surface area contributed by atoms with Crippen LogP contribution in [-0.4, -0.2) is 17.5 Å². The molecule has 0 saturated carbocycles. The van der Waals surface area contributed by atoms with Crippen LogP contribution in [-0.2, 0) is 16.0 Å². The third-order valence-electron chi connectivity index (χ3n) is 3.16. The van der Waals surface area contributed by atoms with Crippen LogP contribution in [0.2, 0.25) is 0 Å². The number of ketones is 1. The Labute approximate surface area is 103 Å². The van der Waals surface area contributed by atoms with E-state index in [0.29, 0.717) is 18.6 Å². The standard InChI is InChI=1S/C15H20O2/c1-15(2)11-13(16)10-14(17-15)9-8-12-6-4-3-5-7-12/h3-7,14H,8-11H2,1-2H3/t14-/m1/s1. The van der Waals surface area contributed by atoms with Crippen molar-refractivity contribution in [1.29, 1.82) is 0 Å². The van der Waals surface area contributed by atoms with Gasteiger partial charge < -0.3 is 4.74 Å². The maximum atomic E-state index is 11.6. The number of carbonyl (C=O) groups excluding carboxylic acids is 1. The van der Waals surface area contributed by atoms with E-state index >= 15 is 0 Å². The molecule has 0 spiro atoms. The summed E-state index contributed by atoms with van der Waals surface area (Å²) in [6.07, 6.45) is 3.13. The Hall–Kier alpha value is -1.15. The van der Waals surface area contributed by atoms with Crippen LogP contribution in [0.3, 0.4) is 0 Å². The maximum Gasteiger partial charge on any atom is 0.138 e. The molecule has 1 fully saturated rings. The van der Waals surface area contributed by atoms with Gasteiger partial charge in [0.05, 0.1) is 11.7 Å². The summed E-state index contributed by atoms with van der Waals surface area (Å²) in [5.74, 6) is 0.333. The van der Waals surface area contributed by atoms with Gasteiger partial charge in [0.25, 0.3) is 0 Å². The van der Waals surface area contributed by atoms with Crippen molar-refractivity contribution in [2.45, 2.75) is 51.2 Å². The van der Waals surface area contributed by atoms with Crippen molar-refractivity contribution >= 4 is 5.78 Å². The molecule has 0 N–H and O–H groups in total. The van der Waals surface area contributed by atoms with Gasteiger partial charge >= 0.3 is 0 Å². The smallest absolute Gasteiger partial charge is 0.138 e. The number of benzene rings is 1. The average molecular weight is 232 g/mol. The van der Waals surface area contributed by atoms with Gasteiger partial charge in [0.2, 0.25) is 0 Å². The van der Waals surface area contributed by atoms with Gasteiger partial charge in [0.15, 0.2) is 0 Å². The Morgan fingerprint density at radius 3 is 2.65 bits per heavy atom. The molecule has 17 heavy (non-hydrogen) atoms. The second-order valence-corrected chi connectivity index (χ2v) is 5.44. The Balaban J connectivity index is 1.89. The highest BCUT2D eigenvalue weighted by atomic mass is 16.5. The predicted molar refractivity (Wildman–Crippen MR) is 68.0 cm³/mol. The zero-order valence-electron chi connectivity index (χ0n) is 10.6. The van der Waals surface area contributed by atoms with E-state index in [4.69, 9.17) is 4.74 Å². The fraction of sp³-hybridized carbons (Fsp3) is 0.533. The molecule has 0 amide bonds. The number of carbonyl (C=O) groups is 1. The van der Waals surface area contributed by atoms with Gasteiger partial charge in [-0.3, -0.25) is 4.79 Å². The van der Waals surface area contributed by atoms with Crippen LogP contribution in [0.25, 0.3) is 0 Å². The molecule has 2 nitrogen and oxygen atoms in total. The highest BCUT2D eigenvalue weighted by molar-refractivity contribution is 5.80. The lowest BCUT2D eigenvalue weighted by molar-refractivity contribution is -0.148. The van der Waals surface area contributed by atoms with Crippen molar-refractivity contribution in [1.82, 2.24) is 0 Å². The van der Waals surface area contributed by atoms with E-state index in [1.807, 2.05) is 32.0 Å². The van der Waals surface area contributed by atoms with Crippen molar-refractivity contribution in [3.8, 4) is 0 Å². The molecule has 1 heterocycles. The Bertz CT molecular complexity index is 381. The quantitative estimate of drug-likeness (QED) is 0.800. The fourth-order valence-corrected chi connectivity index (χ4v) is 2.47. The lowest BCUT2D eigenvalue weighted by Gasteiger charge is -2.35. The van der Waals surface area contributed by atoms with Crippen molar-refractivity contribution in [3.05, 3.63) is 35.9 Å². The van der Waals surface area contributed by atoms with Crippen LogP contribution in [0, 0.1) is 0 Å². The van der Waals surface area contributed by atoms with Crippen LogP contribution in [0.1, 0.15) is 38.7 Å². The maximum absolute atomic E-state index is 11.6. The summed E-state index contributed by atoms with van der Waals surface area (Å²) in [5, 5.41) is 0. The van der Waals surface area contributed by atoms with E-state index in [1.165, 1.54) is 5.56 Å². The minimum Gasteiger partial charge on any atom is -0.371 e. The molecule has 1 aromatic carbocycles. The zero-order chi connectivity index (χ0) is 12.3. The molecule has 1 aliphatic heterocycles. The van der Waals surface area contributed by atoms with Gasteiger partial charge in [0, 0.05) is 12.8 Å². The van der Waals surface area contributed by atoms with Crippen molar-refractivity contribution < 1.29 is 9.53 Å². The first-order chi connectivity index (χ1) is 8.05. The van der Waals surface area contributed by atoms with E-state index < -0.39 is 0 Å². The Kier molecular flexibility index (Phi) is 3.63. The molecule has 2 heteroatoms. The van der Waals surface area contributed by atoms with Crippen LogP contribution in [0.15, 0.2) is 30.3 Å². The highest BCUT2D eigenvalue weighted by Gasteiger charge is 2.33. The van der Waals surface area contributed by atoms with Crippen LogP contribution >= 0.6 is 0 Å². The summed E-state index contributed by atoms with van der Waals surface area (Å²) in [6, 6.07) is 10.4.